The van der Waals surface area contributed by atoms with E-state index in [2.05, 4.69) is 0 Å². The van der Waals surface area contributed by atoms with Crippen LogP contribution in [0.1, 0.15) is 22.3 Å². The summed E-state index contributed by atoms with van der Waals surface area (Å²) in [5.74, 6) is 0. The Labute approximate surface area is 174 Å². The van der Waals surface area contributed by atoms with Gasteiger partial charge in [-0.3, -0.25) is 9.59 Å². The maximum Gasteiger partial charge on any atom is 0.416 e. The standard InChI is InChI=1S/C20H8F6O2S2/c21-19(22,23)11-5-1-9(2-6-11)13-15-16(30-17(13)27)14(18(28)29-15)10-3-7-12(8-4-10)20(24,25)26/h1-8H. The first-order valence-electron chi connectivity index (χ1n) is 8.25. The zero-order valence-electron chi connectivity index (χ0n) is 14.5. The minimum Gasteiger partial charge on any atom is -0.281 e. The maximum atomic E-state index is 12.8. The Kier molecular flexibility index (Phi) is 4.89. The quantitative estimate of drug-likeness (QED) is 0.488. The highest BCUT2D eigenvalue weighted by molar-refractivity contribution is 8.25. The molecule has 2 aliphatic rings. The van der Waals surface area contributed by atoms with Crippen LogP contribution in [-0.2, 0) is 21.9 Å². The van der Waals surface area contributed by atoms with Gasteiger partial charge in [-0.25, -0.2) is 0 Å². The van der Waals surface area contributed by atoms with E-state index in [9.17, 15) is 35.9 Å². The van der Waals surface area contributed by atoms with Crippen molar-refractivity contribution < 1.29 is 35.9 Å². The molecule has 0 atom stereocenters. The summed E-state index contributed by atoms with van der Waals surface area (Å²) in [6.07, 6.45) is -9.05. The zero-order chi connectivity index (χ0) is 21.8. The van der Waals surface area contributed by atoms with Crippen LogP contribution in [0.25, 0.3) is 11.1 Å². The van der Waals surface area contributed by atoms with Crippen molar-refractivity contribution in [2.24, 2.45) is 0 Å². The molecule has 2 aromatic carbocycles. The number of thioether (sulfide) groups is 2. The fourth-order valence-electron chi connectivity index (χ4n) is 3.04. The molecule has 2 aliphatic heterocycles. The molecule has 0 saturated heterocycles. The molecule has 30 heavy (non-hydrogen) atoms. The molecule has 2 heterocycles. The normalized spacial score (nSPS) is 17.3. The first-order valence-corrected chi connectivity index (χ1v) is 9.88. The van der Waals surface area contributed by atoms with Crippen molar-refractivity contribution in [2.45, 2.75) is 12.4 Å². The van der Waals surface area contributed by atoms with Crippen molar-refractivity contribution in [1.82, 2.24) is 0 Å². The Hall–Kier alpha value is -2.46. The molecule has 0 bridgehead atoms. The molecule has 0 aliphatic carbocycles. The van der Waals surface area contributed by atoms with E-state index in [0.717, 1.165) is 72.1 Å². The highest BCUT2D eigenvalue weighted by Crippen LogP contribution is 2.56. The summed E-state index contributed by atoms with van der Waals surface area (Å²) in [7, 11) is 0. The van der Waals surface area contributed by atoms with Crippen LogP contribution in [0.2, 0.25) is 0 Å². The molecule has 0 saturated carbocycles. The van der Waals surface area contributed by atoms with Gasteiger partial charge in [-0.15, -0.1) is 0 Å². The number of hydrogen-bond donors (Lipinski definition) is 0. The first-order chi connectivity index (χ1) is 14.0. The number of benzene rings is 2. The highest BCUT2D eigenvalue weighted by Gasteiger charge is 2.41. The van der Waals surface area contributed by atoms with Crippen LogP contribution >= 0.6 is 23.5 Å². The molecule has 154 valence electrons. The zero-order valence-corrected chi connectivity index (χ0v) is 16.2. The number of carbonyl (C=O) groups excluding carboxylic acids is 2. The smallest absolute Gasteiger partial charge is 0.281 e. The third-order valence-corrected chi connectivity index (χ3v) is 6.59. The van der Waals surface area contributed by atoms with Gasteiger partial charge in [-0.1, -0.05) is 24.3 Å². The van der Waals surface area contributed by atoms with Crippen molar-refractivity contribution >= 4 is 44.9 Å². The molecule has 0 fully saturated rings. The molecule has 0 radical (unpaired) electrons. The van der Waals surface area contributed by atoms with Crippen molar-refractivity contribution in [3.05, 3.63) is 80.6 Å². The van der Waals surface area contributed by atoms with Gasteiger partial charge in [0.1, 0.15) is 0 Å². The largest absolute Gasteiger partial charge is 0.416 e. The lowest BCUT2D eigenvalue weighted by molar-refractivity contribution is -0.138. The van der Waals surface area contributed by atoms with Gasteiger partial charge in [0.2, 0.25) is 10.2 Å². The van der Waals surface area contributed by atoms with Gasteiger partial charge in [-0.05, 0) is 58.9 Å². The van der Waals surface area contributed by atoms with E-state index in [1.165, 1.54) is 0 Å². The number of carbonyl (C=O) groups is 2. The van der Waals surface area contributed by atoms with E-state index < -0.39 is 33.7 Å². The summed E-state index contributed by atoms with van der Waals surface area (Å²) < 4.78 is 76.6. The van der Waals surface area contributed by atoms with Crippen LogP contribution in [0.3, 0.4) is 0 Å². The summed E-state index contributed by atoms with van der Waals surface area (Å²) in [4.78, 5) is 25.6. The van der Waals surface area contributed by atoms with Crippen molar-refractivity contribution in [1.29, 1.82) is 0 Å². The molecule has 2 nitrogen and oxygen atoms in total. The molecule has 10 heteroatoms. The summed E-state index contributed by atoms with van der Waals surface area (Å²) in [6.45, 7) is 0. The molecule has 0 unspecified atom stereocenters. The van der Waals surface area contributed by atoms with Crippen LogP contribution in [0.4, 0.5) is 26.3 Å². The topological polar surface area (TPSA) is 34.1 Å². The van der Waals surface area contributed by atoms with Crippen molar-refractivity contribution in [2.75, 3.05) is 0 Å². The Morgan fingerprint density at radius 1 is 0.533 bits per heavy atom. The number of fused-ring (bicyclic) bond motifs is 1. The Morgan fingerprint density at radius 3 is 1.10 bits per heavy atom. The monoisotopic (exact) mass is 458 g/mol. The lowest BCUT2D eigenvalue weighted by atomic mass is 10.0. The van der Waals surface area contributed by atoms with Gasteiger partial charge in [0, 0.05) is 9.81 Å². The second kappa shape index (κ2) is 7.05. The predicted molar refractivity (Wildman–Crippen MR) is 102 cm³/mol. The van der Waals surface area contributed by atoms with E-state index in [1.807, 2.05) is 0 Å². The van der Waals surface area contributed by atoms with E-state index in [1.54, 1.807) is 0 Å². The number of rotatable bonds is 2. The number of alkyl halides is 6. The van der Waals surface area contributed by atoms with E-state index in [0.29, 0.717) is 9.81 Å². The lowest BCUT2D eigenvalue weighted by Gasteiger charge is -2.08. The number of hydrogen-bond acceptors (Lipinski definition) is 4. The Morgan fingerprint density at radius 2 is 0.833 bits per heavy atom. The van der Waals surface area contributed by atoms with Gasteiger partial charge < -0.3 is 0 Å². The third kappa shape index (κ3) is 3.58. The van der Waals surface area contributed by atoms with Crippen LogP contribution in [0.15, 0.2) is 58.3 Å². The highest BCUT2D eigenvalue weighted by atomic mass is 32.2. The molecular formula is C20H8F6O2S2. The SMILES string of the molecule is O=C1SC2=C(c3ccc(C(F)(F)F)cc3)C(=O)SC2=C1c1ccc(C(F)(F)F)cc1. The molecule has 4 rings (SSSR count). The minimum absolute atomic E-state index is 0.115. The van der Waals surface area contributed by atoms with Crippen molar-refractivity contribution in [3.63, 3.8) is 0 Å². The van der Waals surface area contributed by atoms with Gasteiger partial charge in [0.15, 0.2) is 0 Å². The van der Waals surface area contributed by atoms with E-state index in [4.69, 9.17) is 0 Å². The van der Waals surface area contributed by atoms with Gasteiger partial charge in [0.25, 0.3) is 0 Å². The average Bonchev–Trinajstić information content (AvgIpc) is 3.13. The molecule has 0 amide bonds. The average molecular weight is 458 g/mol. The fourth-order valence-corrected chi connectivity index (χ4v) is 5.45. The summed E-state index contributed by atoms with van der Waals surface area (Å²) in [6, 6.07) is 8.03. The second-order valence-corrected chi connectivity index (χ2v) is 8.30. The maximum absolute atomic E-state index is 12.8. The van der Waals surface area contributed by atoms with Crippen LogP contribution < -0.4 is 0 Å². The van der Waals surface area contributed by atoms with Gasteiger partial charge in [-0.2, -0.15) is 26.3 Å². The molecule has 0 N–H and O–H groups in total. The Bertz CT molecular complexity index is 1030. The third-order valence-electron chi connectivity index (χ3n) is 4.46. The number of halogens is 6. The lowest BCUT2D eigenvalue weighted by Crippen LogP contribution is -2.05. The predicted octanol–water partition coefficient (Wildman–Crippen LogP) is 6.39. The Balaban J connectivity index is 1.77. The van der Waals surface area contributed by atoms with Crippen LogP contribution in [0.5, 0.6) is 0 Å². The molecule has 0 spiro atoms. The summed E-state index contributed by atoms with van der Waals surface area (Å²) in [5, 5.41) is -0.881. The summed E-state index contributed by atoms with van der Waals surface area (Å²) >= 11 is 1.49. The molecular weight excluding hydrogens is 450 g/mol. The molecule has 2 aromatic rings. The van der Waals surface area contributed by atoms with Gasteiger partial charge >= 0.3 is 12.4 Å². The van der Waals surface area contributed by atoms with E-state index in [-0.39, 0.29) is 22.3 Å². The van der Waals surface area contributed by atoms with Gasteiger partial charge in [0.05, 0.1) is 22.3 Å². The minimum atomic E-state index is -4.52. The first kappa shape index (κ1) is 20.8. The van der Waals surface area contributed by atoms with Crippen molar-refractivity contribution in [3.8, 4) is 0 Å². The van der Waals surface area contributed by atoms with Crippen LogP contribution in [0, 0.1) is 0 Å². The second-order valence-electron chi connectivity index (χ2n) is 6.34. The summed E-state index contributed by atoms with van der Waals surface area (Å²) in [5.41, 5.74) is -1.04. The fraction of sp³-hybridized carbons (Fsp3) is 0.100. The van der Waals surface area contributed by atoms with E-state index >= 15 is 0 Å². The molecule has 0 aromatic heterocycles. The van der Waals surface area contributed by atoms with Crippen LogP contribution in [-0.4, -0.2) is 10.2 Å².